The van der Waals surface area contributed by atoms with Crippen LogP contribution < -0.4 is 0 Å². The molecule has 0 aliphatic heterocycles. The van der Waals surface area contributed by atoms with Crippen molar-refractivity contribution in [2.45, 2.75) is 57.9 Å². The summed E-state index contributed by atoms with van der Waals surface area (Å²) in [6, 6.07) is 0.458. The lowest BCUT2D eigenvalue weighted by Gasteiger charge is -2.33. The first-order chi connectivity index (χ1) is 8.65. The number of rotatable bonds is 6. The van der Waals surface area contributed by atoms with E-state index in [0.717, 1.165) is 12.8 Å². The molecule has 1 aliphatic carbocycles. The van der Waals surface area contributed by atoms with Gasteiger partial charge in [0, 0.05) is 19.1 Å². The minimum absolute atomic E-state index is 0.114. The molecule has 1 aliphatic rings. The van der Waals surface area contributed by atoms with Gasteiger partial charge in [0.1, 0.15) is 0 Å². The normalized spacial score (nSPS) is 20.4. The van der Waals surface area contributed by atoms with Crippen molar-refractivity contribution in [2.75, 3.05) is 19.7 Å². The van der Waals surface area contributed by atoms with E-state index in [9.17, 15) is 4.79 Å². The Balaban J connectivity index is 2.54. The highest BCUT2D eigenvalue weighted by Crippen LogP contribution is 2.22. The SMILES string of the molecule is CC(CN(CCO)C1CCCCCCC1)C(=O)O. The summed E-state index contributed by atoms with van der Waals surface area (Å²) >= 11 is 0. The molecule has 0 bridgehead atoms. The van der Waals surface area contributed by atoms with Crippen LogP contribution in [0.1, 0.15) is 51.9 Å². The number of aliphatic carboxylic acids is 1. The van der Waals surface area contributed by atoms with E-state index in [1.165, 1.54) is 32.1 Å². The molecule has 0 spiro atoms. The third-order valence-electron chi connectivity index (χ3n) is 3.91. The number of aliphatic hydroxyl groups is 1. The monoisotopic (exact) mass is 257 g/mol. The van der Waals surface area contributed by atoms with Crippen LogP contribution in [0.4, 0.5) is 0 Å². The number of carboxylic acid groups (broad SMARTS) is 1. The average molecular weight is 257 g/mol. The van der Waals surface area contributed by atoms with Crippen molar-refractivity contribution in [1.29, 1.82) is 0 Å². The lowest BCUT2D eigenvalue weighted by molar-refractivity contribution is -0.142. The third-order valence-corrected chi connectivity index (χ3v) is 3.91. The standard InChI is InChI=1S/C14H27NO3/c1-12(14(17)18)11-15(9-10-16)13-7-5-3-2-4-6-8-13/h12-13,16H,2-11H2,1H3,(H,17,18). The highest BCUT2D eigenvalue weighted by atomic mass is 16.4. The minimum Gasteiger partial charge on any atom is -0.481 e. The van der Waals surface area contributed by atoms with E-state index in [-0.39, 0.29) is 12.5 Å². The Morgan fingerprint density at radius 1 is 1.22 bits per heavy atom. The molecular formula is C14H27NO3. The Morgan fingerprint density at radius 2 is 1.78 bits per heavy atom. The van der Waals surface area contributed by atoms with Crippen LogP contribution in [0.5, 0.6) is 0 Å². The Morgan fingerprint density at radius 3 is 2.28 bits per heavy atom. The van der Waals surface area contributed by atoms with Gasteiger partial charge in [-0.1, -0.05) is 39.0 Å². The van der Waals surface area contributed by atoms with Gasteiger partial charge in [0.05, 0.1) is 12.5 Å². The minimum atomic E-state index is -0.746. The van der Waals surface area contributed by atoms with E-state index in [0.29, 0.717) is 19.1 Å². The summed E-state index contributed by atoms with van der Waals surface area (Å²) in [5.41, 5.74) is 0. The van der Waals surface area contributed by atoms with Crippen molar-refractivity contribution in [2.24, 2.45) is 5.92 Å². The zero-order valence-electron chi connectivity index (χ0n) is 11.5. The van der Waals surface area contributed by atoms with Crippen molar-refractivity contribution >= 4 is 5.97 Å². The van der Waals surface area contributed by atoms with Crippen molar-refractivity contribution in [3.63, 3.8) is 0 Å². The molecule has 106 valence electrons. The Kier molecular flexibility index (Phi) is 7.28. The molecule has 0 amide bonds. The third kappa shape index (κ3) is 5.36. The number of nitrogens with zero attached hydrogens (tertiary/aromatic N) is 1. The molecule has 0 aromatic carbocycles. The zero-order valence-corrected chi connectivity index (χ0v) is 11.5. The number of hydrogen-bond donors (Lipinski definition) is 2. The van der Waals surface area contributed by atoms with Gasteiger partial charge >= 0.3 is 5.97 Å². The van der Waals surface area contributed by atoms with Gasteiger partial charge in [-0.25, -0.2) is 0 Å². The van der Waals surface area contributed by atoms with Crippen molar-refractivity contribution in [3.8, 4) is 0 Å². The van der Waals surface area contributed by atoms with Gasteiger partial charge in [-0.05, 0) is 12.8 Å². The topological polar surface area (TPSA) is 60.8 Å². The molecule has 0 heterocycles. The van der Waals surface area contributed by atoms with Crippen LogP contribution in [0, 0.1) is 5.92 Å². The van der Waals surface area contributed by atoms with Crippen LogP contribution in [0.2, 0.25) is 0 Å². The first-order valence-corrected chi connectivity index (χ1v) is 7.23. The molecule has 2 N–H and O–H groups in total. The van der Waals surface area contributed by atoms with Crippen molar-refractivity contribution in [1.82, 2.24) is 4.90 Å². The van der Waals surface area contributed by atoms with Gasteiger partial charge in [0.2, 0.25) is 0 Å². The maximum atomic E-state index is 11.0. The van der Waals surface area contributed by atoms with Gasteiger partial charge in [0.25, 0.3) is 0 Å². The number of hydrogen-bond acceptors (Lipinski definition) is 3. The van der Waals surface area contributed by atoms with E-state index in [4.69, 9.17) is 10.2 Å². The fraction of sp³-hybridized carbons (Fsp3) is 0.929. The largest absolute Gasteiger partial charge is 0.481 e. The highest BCUT2D eigenvalue weighted by molar-refractivity contribution is 5.69. The van der Waals surface area contributed by atoms with E-state index >= 15 is 0 Å². The van der Waals surface area contributed by atoms with Crippen LogP contribution >= 0.6 is 0 Å². The molecule has 1 saturated carbocycles. The number of carboxylic acids is 1. The lowest BCUT2D eigenvalue weighted by atomic mass is 9.95. The van der Waals surface area contributed by atoms with E-state index in [1.54, 1.807) is 6.92 Å². The van der Waals surface area contributed by atoms with Crippen LogP contribution in [0.15, 0.2) is 0 Å². The first kappa shape index (κ1) is 15.4. The average Bonchev–Trinajstić information content (AvgIpc) is 2.27. The molecule has 0 aromatic heterocycles. The number of carbonyl (C=O) groups is 1. The molecule has 4 heteroatoms. The maximum Gasteiger partial charge on any atom is 0.307 e. The summed E-state index contributed by atoms with van der Waals surface area (Å²) in [6.45, 7) is 3.02. The molecule has 1 unspecified atom stereocenters. The predicted molar refractivity (Wildman–Crippen MR) is 71.6 cm³/mol. The second kappa shape index (κ2) is 8.48. The Hall–Kier alpha value is -0.610. The molecule has 0 saturated heterocycles. The highest BCUT2D eigenvalue weighted by Gasteiger charge is 2.23. The van der Waals surface area contributed by atoms with Gasteiger partial charge < -0.3 is 10.2 Å². The van der Waals surface area contributed by atoms with Gasteiger partial charge in [0.15, 0.2) is 0 Å². The summed E-state index contributed by atoms with van der Waals surface area (Å²) in [7, 11) is 0. The van der Waals surface area contributed by atoms with E-state index in [1.807, 2.05) is 0 Å². The molecule has 0 radical (unpaired) electrons. The molecule has 0 aromatic rings. The quantitative estimate of drug-likeness (QED) is 0.765. The van der Waals surface area contributed by atoms with Gasteiger partial charge in [-0.15, -0.1) is 0 Å². The van der Waals surface area contributed by atoms with Crippen molar-refractivity contribution < 1.29 is 15.0 Å². The summed E-state index contributed by atoms with van der Waals surface area (Å²) < 4.78 is 0. The van der Waals surface area contributed by atoms with Crippen LogP contribution in [0.3, 0.4) is 0 Å². The number of aliphatic hydroxyl groups excluding tert-OH is 1. The van der Waals surface area contributed by atoms with E-state index < -0.39 is 5.97 Å². The molecule has 1 atom stereocenters. The van der Waals surface area contributed by atoms with Gasteiger partial charge in [-0.2, -0.15) is 0 Å². The zero-order chi connectivity index (χ0) is 13.4. The second-order valence-corrected chi connectivity index (χ2v) is 5.46. The van der Waals surface area contributed by atoms with Crippen molar-refractivity contribution in [3.05, 3.63) is 0 Å². The summed E-state index contributed by atoms with van der Waals surface area (Å²) in [5.74, 6) is -1.11. The summed E-state index contributed by atoms with van der Waals surface area (Å²) in [5, 5.41) is 18.2. The van der Waals surface area contributed by atoms with Crippen LogP contribution in [-0.2, 0) is 4.79 Å². The Labute approximate surface area is 110 Å². The van der Waals surface area contributed by atoms with E-state index in [2.05, 4.69) is 4.90 Å². The van der Waals surface area contributed by atoms with Crippen LogP contribution in [-0.4, -0.2) is 46.8 Å². The molecular weight excluding hydrogens is 230 g/mol. The molecule has 1 fully saturated rings. The first-order valence-electron chi connectivity index (χ1n) is 7.23. The fourth-order valence-electron chi connectivity index (χ4n) is 2.78. The predicted octanol–water partition coefficient (Wildman–Crippen LogP) is 2.11. The fourth-order valence-corrected chi connectivity index (χ4v) is 2.78. The Bertz CT molecular complexity index is 237. The molecule has 18 heavy (non-hydrogen) atoms. The summed E-state index contributed by atoms with van der Waals surface area (Å²) in [6.07, 6.45) is 8.66. The maximum absolute atomic E-state index is 11.0. The smallest absolute Gasteiger partial charge is 0.307 e. The second-order valence-electron chi connectivity index (χ2n) is 5.46. The van der Waals surface area contributed by atoms with Gasteiger partial charge in [-0.3, -0.25) is 9.69 Å². The lowest BCUT2D eigenvalue weighted by Crippen LogP contribution is -2.42. The molecule has 1 rings (SSSR count). The summed E-state index contributed by atoms with van der Waals surface area (Å²) in [4.78, 5) is 13.1. The van der Waals surface area contributed by atoms with Crippen LogP contribution in [0.25, 0.3) is 0 Å². The molecule has 4 nitrogen and oxygen atoms in total.